The highest BCUT2D eigenvalue weighted by atomic mass is 16.5. The van der Waals surface area contributed by atoms with Crippen LogP contribution in [0.1, 0.15) is 35.9 Å². The number of nitrogens with one attached hydrogen (secondary N) is 2. The number of nitrogens with zero attached hydrogens (tertiary/aromatic N) is 1. The van der Waals surface area contributed by atoms with E-state index in [1.165, 1.54) is 22.3 Å². The van der Waals surface area contributed by atoms with Crippen molar-refractivity contribution in [1.29, 1.82) is 0 Å². The maximum Gasteiger partial charge on any atom is 0.411 e. The van der Waals surface area contributed by atoms with Crippen molar-refractivity contribution in [3.63, 3.8) is 0 Å². The van der Waals surface area contributed by atoms with Crippen LogP contribution in [-0.2, 0) is 4.74 Å². The topological polar surface area (TPSA) is 76.1 Å². The lowest BCUT2D eigenvalue weighted by Gasteiger charge is -2.14. The van der Waals surface area contributed by atoms with E-state index in [1.807, 2.05) is 36.4 Å². The van der Waals surface area contributed by atoms with Gasteiger partial charge in [0.2, 0.25) is 0 Å². The van der Waals surface area contributed by atoms with Gasteiger partial charge in [0.25, 0.3) is 0 Å². The maximum atomic E-state index is 12.6. The van der Waals surface area contributed by atoms with Gasteiger partial charge in [-0.1, -0.05) is 48.5 Å². The van der Waals surface area contributed by atoms with Crippen molar-refractivity contribution >= 4 is 22.8 Å². The SMILES string of the molecule is O=C(Nc1ccc2[nH]c(=O)n(C3CC3)c2c1)OCC1c2ccccc2-c2ccccc21. The Morgan fingerprint density at radius 2 is 1.68 bits per heavy atom. The van der Waals surface area contributed by atoms with Gasteiger partial charge in [0, 0.05) is 17.6 Å². The van der Waals surface area contributed by atoms with Crippen molar-refractivity contribution in [2.45, 2.75) is 24.8 Å². The van der Waals surface area contributed by atoms with Crippen molar-refractivity contribution in [1.82, 2.24) is 9.55 Å². The summed E-state index contributed by atoms with van der Waals surface area (Å²) in [5.41, 5.74) is 6.84. The summed E-state index contributed by atoms with van der Waals surface area (Å²) in [5.74, 6) is 0.0188. The van der Waals surface area contributed by atoms with Crippen LogP contribution in [0.5, 0.6) is 0 Å². The molecule has 6 heteroatoms. The predicted octanol–water partition coefficient (Wildman–Crippen LogP) is 5.03. The molecule has 3 aromatic carbocycles. The second-order valence-corrected chi connectivity index (χ2v) is 8.21. The van der Waals surface area contributed by atoms with Crippen LogP contribution in [0.2, 0.25) is 0 Å². The number of ether oxygens (including phenoxy) is 1. The Morgan fingerprint density at radius 3 is 2.35 bits per heavy atom. The molecule has 4 aromatic rings. The van der Waals surface area contributed by atoms with Gasteiger partial charge in [-0.3, -0.25) is 9.88 Å². The van der Waals surface area contributed by atoms with Crippen LogP contribution in [0.4, 0.5) is 10.5 Å². The zero-order valence-electron chi connectivity index (χ0n) is 16.8. The van der Waals surface area contributed by atoms with Crippen molar-refractivity contribution in [2.24, 2.45) is 0 Å². The summed E-state index contributed by atoms with van der Waals surface area (Å²) in [4.78, 5) is 27.6. The second-order valence-electron chi connectivity index (χ2n) is 8.21. The number of aromatic nitrogens is 2. The summed E-state index contributed by atoms with van der Waals surface area (Å²) in [6, 6.07) is 22.2. The first-order valence-corrected chi connectivity index (χ1v) is 10.6. The van der Waals surface area contributed by atoms with Gasteiger partial charge in [0.05, 0.1) is 11.0 Å². The fourth-order valence-electron chi connectivity index (χ4n) is 4.65. The van der Waals surface area contributed by atoms with Crippen LogP contribution in [0.25, 0.3) is 22.2 Å². The smallest absolute Gasteiger partial charge is 0.411 e. The summed E-state index contributed by atoms with van der Waals surface area (Å²) in [6.07, 6.45) is 1.52. The molecule has 6 rings (SSSR count). The predicted molar refractivity (Wildman–Crippen MR) is 120 cm³/mol. The lowest BCUT2D eigenvalue weighted by atomic mass is 9.98. The summed E-state index contributed by atoms with van der Waals surface area (Å²) >= 11 is 0. The zero-order chi connectivity index (χ0) is 20.9. The molecule has 31 heavy (non-hydrogen) atoms. The molecule has 1 saturated carbocycles. The monoisotopic (exact) mass is 411 g/mol. The van der Waals surface area contributed by atoms with Crippen LogP contribution < -0.4 is 11.0 Å². The zero-order valence-corrected chi connectivity index (χ0v) is 16.8. The number of amides is 1. The summed E-state index contributed by atoms with van der Waals surface area (Å²) in [6.45, 7) is 0.263. The Kier molecular flexibility index (Phi) is 3.99. The number of carbonyl (C=O) groups is 1. The van der Waals surface area contributed by atoms with Crippen LogP contribution >= 0.6 is 0 Å². The van der Waals surface area contributed by atoms with Gasteiger partial charge in [-0.15, -0.1) is 0 Å². The Bertz CT molecular complexity index is 1330. The molecular weight excluding hydrogens is 390 g/mol. The minimum atomic E-state index is -0.503. The Labute approximate surface area is 178 Å². The normalized spacial score (nSPS) is 15.0. The summed E-state index contributed by atoms with van der Waals surface area (Å²) < 4.78 is 7.40. The number of anilines is 1. The molecule has 2 aliphatic carbocycles. The van der Waals surface area contributed by atoms with E-state index in [2.05, 4.69) is 34.6 Å². The maximum absolute atomic E-state index is 12.6. The molecule has 0 atom stereocenters. The first-order valence-electron chi connectivity index (χ1n) is 10.6. The third-order valence-electron chi connectivity index (χ3n) is 6.22. The van der Waals surface area contributed by atoms with Crippen LogP contribution in [0.3, 0.4) is 0 Å². The Hall–Kier alpha value is -3.80. The van der Waals surface area contributed by atoms with Crippen LogP contribution in [0, 0.1) is 0 Å². The Balaban J connectivity index is 1.21. The molecule has 0 unspecified atom stereocenters. The Morgan fingerprint density at radius 1 is 1.00 bits per heavy atom. The van der Waals surface area contributed by atoms with Crippen LogP contribution in [-0.4, -0.2) is 22.3 Å². The lowest BCUT2D eigenvalue weighted by Crippen LogP contribution is -2.18. The number of H-pyrrole nitrogens is 1. The minimum Gasteiger partial charge on any atom is -0.448 e. The first kappa shape index (κ1) is 18.0. The molecule has 0 spiro atoms. The fourth-order valence-corrected chi connectivity index (χ4v) is 4.65. The van der Waals surface area contributed by atoms with E-state index >= 15 is 0 Å². The highest BCUT2D eigenvalue weighted by Crippen LogP contribution is 2.44. The largest absolute Gasteiger partial charge is 0.448 e. The highest BCUT2D eigenvalue weighted by molar-refractivity contribution is 5.89. The molecule has 0 aliphatic heterocycles. The summed E-state index contributed by atoms with van der Waals surface area (Å²) in [7, 11) is 0. The number of aromatic amines is 1. The molecule has 2 aliphatic rings. The lowest BCUT2D eigenvalue weighted by molar-refractivity contribution is 0.158. The highest BCUT2D eigenvalue weighted by Gasteiger charge is 2.29. The van der Waals surface area contributed by atoms with Gasteiger partial charge in [-0.05, 0) is 53.3 Å². The van der Waals surface area contributed by atoms with Gasteiger partial charge < -0.3 is 9.72 Å². The molecule has 1 heterocycles. The third-order valence-corrected chi connectivity index (χ3v) is 6.22. The number of fused-ring (bicyclic) bond motifs is 4. The molecule has 1 fully saturated rings. The molecule has 0 bridgehead atoms. The van der Waals surface area contributed by atoms with E-state index < -0.39 is 6.09 Å². The average Bonchev–Trinajstić information content (AvgIpc) is 3.49. The molecule has 0 saturated heterocycles. The third kappa shape index (κ3) is 3.03. The van der Waals surface area contributed by atoms with Crippen molar-refractivity contribution < 1.29 is 9.53 Å². The standard InChI is InChI=1S/C25H21N3O3/c29-24-27-22-12-9-15(13-23(22)28(24)16-10-11-16)26-25(30)31-14-21-19-7-3-1-5-17(19)18-6-2-4-8-20(18)21/h1-9,12-13,16,21H,10-11,14H2,(H,26,30)(H,27,29). The second kappa shape index (κ2) is 6.87. The number of benzene rings is 3. The number of carbonyl (C=O) groups excluding carboxylic acids is 1. The molecule has 0 radical (unpaired) electrons. The molecule has 1 amide bonds. The summed E-state index contributed by atoms with van der Waals surface area (Å²) in [5, 5.41) is 2.81. The van der Waals surface area contributed by atoms with Crippen LogP contribution in [0.15, 0.2) is 71.5 Å². The van der Waals surface area contributed by atoms with Gasteiger partial charge in [-0.25, -0.2) is 9.59 Å². The number of rotatable bonds is 4. The molecule has 2 N–H and O–H groups in total. The van der Waals surface area contributed by atoms with E-state index in [0.29, 0.717) is 5.69 Å². The number of hydrogen-bond donors (Lipinski definition) is 2. The van der Waals surface area contributed by atoms with Gasteiger partial charge in [0.1, 0.15) is 6.61 Å². The molecule has 154 valence electrons. The van der Waals surface area contributed by atoms with Gasteiger partial charge >= 0.3 is 11.8 Å². The molecule has 6 nitrogen and oxygen atoms in total. The van der Waals surface area contributed by atoms with E-state index in [9.17, 15) is 9.59 Å². The van der Waals surface area contributed by atoms with E-state index in [1.54, 1.807) is 10.6 Å². The fraction of sp³-hybridized carbons (Fsp3) is 0.200. The minimum absolute atomic E-state index is 0.0188. The number of hydrogen-bond acceptors (Lipinski definition) is 3. The quantitative estimate of drug-likeness (QED) is 0.495. The van der Waals surface area contributed by atoms with Crippen molar-refractivity contribution in [2.75, 3.05) is 11.9 Å². The number of imidazole rings is 1. The first-order chi connectivity index (χ1) is 15.2. The van der Waals surface area contributed by atoms with E-state index in [0.717, 1.165) is 23.9 Å². The van der Waals surface area contributed by atoms with E-state index in [4.69, 9.17) is 4.74 Å². The van der Waals surface area contributed by atoms with Crippen molar-refractivity contribution in [3.05, 3.63) is 88.3 Å². The average molecular weight is 411 g/mol. The van der Waals surface area contributed by atoms with E-state index in [-0.39, 0.29) is 24.3 Å². The van der Waals surface area contributed by atoms with Gasteiger partial charge in [-0.2, -0.15) is 0 Å². The van der Waals surface area contributed by atoms with Gasteiger partial charge in [0.15, 0.2) is 0 Å². The molecular formula is C25H21N3O3. The van der Waals surface area contributed by atoms with Crippen molar-refractivity contribution in [3.8, 4) is 11.1 Å². The molecule has 1 aromatic heterocycles.